The van der Waals surface area contributed by atoms with Crippen molar-refractivity contribution in [3.8, 4) is 0 Å². The summed E-state index contributed by atoms with van der Waals surface area (Å²) >= 11 is 6.23. The van der Waals surface area contributed by atoms with E-state index in [1.807, 2.05) is 6.92 Å². The van der Waals surface area contributed by atoms with Crippen LogP contribution in [0.15, 0.2) is 11.0 Å². The second-order valence-electron chi connectivity index (χ2n) is 6.62. The Kier molecular flexibility index (Phi) is 4.11. The Labute approximate surface area is 151 Å². The minimum Gasteiger partial charge on any atom is -0.365 e. The number of hydrogen-bond acceptors (Lipinski definition) is 6. The van der Waals surface area contributed by atoms with Gasteiger partial charge in [0.1, 0.15) is 16.7 Å². The smallest absolute Gasteiger partial charge is 0.287 e. The molecule has 2 aliphatic rings. The zero-order chi connectivity index (χ0) is 17.6. The number of aryl methyl sites for hydroxylation is 3. The predicted molar refractivity (Wildman–Crippen MR) is 97.7 cm³/mol. The molecule has 4 rings (SSSR count). The van der Waals surface area contributed by atoms with Crippen molar-refractivity contribution in [1.82, 2.24) is 19.7 Å². The minimum atomic E-state index is -0.258. The molecular weight excluding hydrogens is 340 g/mol. The second-order valence-corrected chi connectivity index (χ2v) is 7.00. The first kappa shape index (κ1) is 16.3. The molecule has 25 heavy (non-hydrogen) atoms. The van der Waals surface area contributed by atoms with Gasteiger partial charge in [-0.3, -0.25) is 4.79 Å². The van der Waals surface area contributed by atoms with Crippen LogP contribution < -0.4 is 15.4 Å². The van der Waals surface area contributed by atoms with E-state index in [0.717, 1.165) is 57.1 Å². The molecule has 3 heterocycles. The summed E-state index contributed by atoms with van der Waals surface area (Å²) in [4.78, 5) is 25.8. The maximum Gasteiger partial charge on any atom is 0.287 e. The Morgan fingerprint density at radius 2 is 1.80 bits per heavy atom. The van der Waals surface area contributed by atoms with E-state index in [-0.39, 0.29) is 10.6 Å². The fourth-order valence-electron chi connectivity index (χ4n) is 3.68. The summed E-state index contributed by atoms with van der Waals surface area (Å²) < 4.78 is 1.26. The van der Waals surface area contributed by atoms with Gasteiger partial charge in [0.25, 0.3) is 5.56 Å². The van der Waals surface area contributed by atoms with Crippen molar-refractivity contribution in [2.75, 3.05) is 36.0 Å². The lowest BCUT2D eigenvalue weighted by Gasteiger charge is -2.37. The van der Waals surface area contributed by atoms with Crippen molar-refractivity contribution in [2.24, 2.45) is 7.05 Å². The van der Waals surface area contributed by atoms with Crippen LogP contribution in [0, 0.1) is 6.92 Å². The number of hydrogen-bond donors (Lipinski definition) is 0. The molecule has 2 aromatic heterocycles. The number of nitrogens with zero attached hydrogens (tertiary/aromatic N) is 6. The number of fused-ring (bicyclic) bond motifs is 1. The number of aromatic nitrogens is 4. The molecule has 0 radical (unpaired) electrons. The molecule has 0 amide bonds. The zero-order valence-electron chi connectivity index (χ0n) is 14.5. The summed E-state index contributed by atoms with van der Waals surface area (Å²) in [7, 11) is 1.61. The number of rotatable bonds is 2. The highest BCUT2D eigenvalue weighted by molar-refractivity contribution is 6.33. The highest BCUT2D eigenvalue weighted by Crippen LogP contribution is 2.30. The van der Waals surface area contributed by atoms with Gasteiger partial charge in [-0.2, -0.15) is 5.10 Å². The highest BCUT2D eigenvalue weighted by Gasteiger charge is 2.26. The number of anilines is 2. The first-order chi connectivity index (χ1) is 12.0. The predicted octanol–water partition coefficient (Wildman–Crippen LogP) is 1.35. The van der Waals surface area contributed by atoms with Gasteiger partial charge in [-0.05, 0) is 26.2 Å². The fraction of sp³-hybridized carbons (Fsp3) is 0.529. The lowest BCUT2D eigenvalue weighted by atomic mass is 10.2. The zero-order valence-corrected chi connectivity index (χ0v) is 15.3. The molecule has 1 aliphatic carbocycles. The molecule has 0 N–H and O–H groups in total. The lowest BCUT2D eigenvalue weighted by molar-refractivity contribution is 0.634. The van der Waals surface area contributed by atoms with E-state index in [0.29, 0.717) is 5.69 Å². The van der Waals surface area contributed by atoms with Gasteiger partial charge in [0.15, 0.2) is 0 Å². The van der Waals surface area contributed by atoms with Gasteiger partial charge >= 0.3 is 0 Å². The van der Waals surface area contributed by atoms with Gasteiger partial charge in [-0.15, -0.1) is 0 Å². The summed E-state index contributed by atoms with van der Waals surface area (Å²) in [6.45, 7) is 5.21. The van der Waals surface area contributed by atoms with Gasteiger partial charge in [0.05, 0.1) is 11.9 Å². The van der Waals surface area contributed by atoms with Crippen LogP contribution in [-0.4, -0.2) is 45.9 Å². The molecule has 0 aromatic carbocycles. The molecule has 0 spiro atoms. The largest absolute Gasteiger partial charge is 0.365 e. The molecule has 0 saturated carbocycles. The van der Waals surface area contributed by atoms with Gasteiger partial charge in [-0.1, -0.05) is 11.6 Å². The Bertz CT molecular complexity index is 872. The molecule has 0 bridgehead atoms. The van der Waals surface area contributed by atoms with Crippen LogP contribution in [0.1, 0.15) is 23.5 Å². The van der Waals surface area contributed by atoms with Crippen LogP contribution in [0.4, 0.5) is 11.5 Å². The number of halogens is 1. The summed E-state index contributed by atoms with van der Waals surface area (Å²) in [6.07, 6.45) is 4.96. The van der Waals surface area contributed by atoms with E-state index in [9.17, 15) is 4.79 Å². The van der Waals surface area contributed by atoms with Crippen molar-refractivity contribution in [3.05, 3.63) is 38.7 Å². The van der Waals surface area contributed by atoms with Crippen molar-refractivity contribution < 1.29 is 0 Å². The maximum atomic E-state index is 12.0. The van der Waals surface area contributed by atoms with E-state index in [4.69, 9.17) is 16.6 Å². The van der Waals surface area contributed by atoms with Crippen molar-refractivity contribution in [1.29, 1.82) is 0 Å². The first-order valence-corrected chi connectivity index (χ1v) is 9.00. The van der Waals surface area contributed by atoms with Crippen LogP contribution in [0.2, 0.25) is 5.02 Å². The quantitative estimate of drug-likeness (QED) is 0.805. The van der Waals surface area contributed by atoms with Crippen molar-refractivity contribution >= 4 is 23.1 Å². The maximum absolute atomic E-state index is 12.0. The average molecular weight is 361 g/mol. The molecule has 2 aromatic rings. The van der Waals surface area contributed by atoms with Gasteiger partial charge < -0.3 is 9.80 Å². The summed E-state index contributed by atoms with van der Waals surface area (Å²) in [5.74, 6) is 1.93. The SMILES string of the molecule is Cc1nc2c(c(N3CCN(c4cnn(C)c(=O)c4Cl)CC3)n1)CCC2. The lowest BCUT2D eigenvalue weighted by Crippen LogP contribution is -2.47. The fourth-order valence-corrected chi connectivity index (χ4v) is 3.97. The number of piperazine rings is 1. The Morgan fingerprint density at radius 1 is 1.08 bits per heavy atom. The molecule has 8 heteroatoms. The average Bonchev–Trinajstić information content (AvgIpc) is 3.08. The molecular formula is C17H21ClN6O. The molecule has 0 unspecified atom stereocenters. The van der Waals surface area contributed by atoms with Gasteiger partial charge in [0, 0.05) is 44.5 Å². The third-order valence-electron chi connectivity index (χ3n) is 5.00. The topological polar surface area (TPSA) is 67.2 Å². The Hall–Kier alpha value is -2.15. The van der Waals surface area contributed by atoms with Crippen LogP contribution in [0.5, 0.6) is 0 Å². The molecule has 132 valence electrons. The molecule has 1 aliphatic heterocycles. The second kappa shape index (κ2) is 6.29. The Balaban J connectivity index is 1.55. The third-order valence-corrected chi connectivity index (χ3v) is 5.36. The summed E-state index contributed by atoms with van der Waals surface area (Å²) in [6, 6.07) is 0. The first-order valence-electron chi connectivity index (χ1n) is 8.62. The van der Waals surface area contributed by atoms with Crippen molar-refractivity contribution in [2.45, 2.75) is 26.2 Å². The molecule has 7 nitrogen and oxygen atoms in total. The van der Waals surface area contributed by atoms with Crippen LogP contribution >= 0.6 is 11.6 Å². The summed E-state index contributed by atoms with van der Waals surface area (Å²) in [5.41, 5.74) is 2.98. The molecule has 1 saturated heterocycles. The standard InChI is InChI=1S/C17H21ClN6O/c1-11-20-13-5-3-4-12(13)16(21-11)24-8-6-23(7-9-24)14-10-19-22(2)17(25)15(14)18/h10H,3-9H2,1-2H3. The normalized spacial score (nSPS) is 17.1. The minimum absolute atomic E-state index is 0.240. The Morgan fingerprint density at radius 3 is 2.56 bits per heavy atom. The third kappa shape index (κ3) is 2.86. The van der Waals surface area contributed by atoms with Crippen molar-refractivity contribution in [3.63, 3.8) is 0 Å². The molecule has 1 fully saturated rings. The van der Waals surface area contributed by atoms with E-state index in [2.05, 4.69) is 19.9 Å². The van der Waals surface area contributed by atoms with Crippen LogP contribution in [-0.2, 0) is 19.9 Å². The van der Waals surface area contributed by atoms with E-state index >= 15 is 0 Å². The van der Waals surface area contributed by atoms with Gasteiger partial charge in [0.2, 0.25) is 0 Å². The van der Waals surface area contributed by atoms with E-state index < -0.39 is 0 Å². The monoisotopic (exact) mass is 360 g/mol. The van der Waals surface area contributed by atoms with Gasteiger partial charge in [-0.25, -0.2) is 14.6 Å². The van der Waals surface area contributed by atoms with Crippen LogP contribution in [0.3, 0.4) is 0 Å². The van der Waals surface area contributed by atoms with Crippen LogP contribution in [0.25, 0.3) is 0 Å². The highest BCUT2D eigenvalue weighted by atomic mass is 35.5. The van der Waals surface area contributed by atoms with E-state index in [1.165, 1.54) is 15.9 Å². The van der Waals surface area contributed by atoms with E-state index in [1.54, 1.807) is 13.2 Å². The molecule has 0 atom stereocenters. The summed E-state index contributed by atoms with van der Waals surface area (Å²) in [5, 5.41) is 4.34.